The van der Waals surface area contributed by atoms with Gasteiger partial charge in [0.1, 0.15) is 17.9 Å². The second-order valence-electron chi connectivity index (χ2n) is 6.73. The molecule has 0 radical (unpaired) electrons. The zero-order valence-corrected chi connectivity index (χ0v) is 18.8. The van der Waals surface area contributed by atoms with Crippen molar-refractivity contribution in [2.24, 2.45) is 0 Å². The van der Waals surface area contributed by atoms with Gasteiger partial charge in [-0.05, 0) is 47.7 Å². The highest BCUT2D eigenvalue weighted by Crippen LogP contribution is 2.32. The summed E-state index contributed by atoms with van der Waals surface area (Å²) in [4.78, 5) is 42.6. The van der Waals surface area contributed by atoms with Crippen LogP contribution in [-0.4, -0.2) is 67.0 Å². The van der Waals surface area contributed by atoms with Crippen LogP contribution >= 0.6 is 11.8 Å². The van der Waals surface area contributed by atoms with Crippen molar-refractivity contribution >= 4 is 34.9 Å². The SMILES string of the molecule is COCCOc1ncccc1C(=O)NCCN1C(=O)S/C(=C/c2ccc(OC(F)F)cc2)C1=O. The number of rotatable bonds is 11. The number of carbonyl (C=O) groups excluding carboxylic acids is 3. The van der Waals surface area contributed by atoms with Crippen LogP contribution in [0.2, 0.25) is 0 Å². The number of aromatic nitrogens is 1. The Morgan fingerprint density at radius 2 is 1.97 bits per heavy atom. The predicted octanol–water partition coefficient (Wildman–Crippen LogP) is 3.17. The van der Waals surface area contributed by atoms with E-state index < -0.39 is 23.7 Å². The second kappa shape index (κ2) is 12.1. The first-order valence-electron chi connectivity index (χ1n) is 10.0. The minimum atomic E-state index is -2.93. The Morgan fingerprint density at radius 3 is 2.68 bits per heavy atom. The number of carbonyl (C=O) groups is 3. The van der Waals surface area contributed by atoms with E-state index in [4.69, 9.17) is 9.47 Å². The van der Waals surface area contributed by atoms with Crippen molar-refractivity contribution < 1.29 is 37.4 Å². The number of amides is 3. The Kier molecular flexibility index (Phi) is 8.93. The number of benzene rings is 1. The second-order valence-corrected chi connectivity index (χ2v) is 7.73. The number of imide groups is 1. The van der Waals surface area contributed by atoms with E-state index in [9.17, 15) is 23.2 Å². The Bertz CT molecular complexity index is 1060. The highest BCUT2D eigenvalue weighted by atomic mass is 32.2. The zero-order chi connectivity index (χ0) is 24.5. The summed E-state index contributed by atoms with van der Waals surface area (Å²) in [6.45, 7) is -2.39. The summed E-state index contributed by atoms with van der Waals surface area (Å²) in [7, 11) is 1.52. The van der Waals surface area contributed by atoms with E-state index in [1.165, 1.54) is 43.6 Å². The largest absolute Gasteiger partial charge is 0.475 e. The molecule has 0 aliphatic carbocycles. The fourth-order valence-electron chi connectivity index (χ4n) is 2.87. The lowest BCUT2D eigenvalue weighted by Gasteiger charge is -2.14. The minimum Gasteiger partial charge on any atom is -0.475 e. The molecule has 2 heterocycles. The molecule has 1 aromatic carbocycles. The van der Waals surface area contributed by atoms with Crippen LogP contribution in [0.15, 0.2) is 47.5 Å². The quantitative estimate of drug-likeness (QED) is 0.376. The number of alkyl halides is 2. The van der Waals surface area contributed by atoms with E-state index in [2.05, 4.69) is 15.0 Å². The van der Waals surface area contributed by atoms with Gasteiger partial charge in [0.25, 0.3) is 17.1 Å². The third kappa shape index (κ3) is 6.75. The molecule has 0 saturated carbocycles. The van der Waals surface area contributed by atoms with E-state index in [1.54, 1.807) is 12.1 Å². The van der Waals surface area contributed by atoms with Crippen molar-refractivity contribution in [2.45, 2.75) is 6.61 Å². The van der Waals surface area contributed by atoms with Crippen LogP contribution in [0.4, 0.5) is 13.6 Å². The molecule has 1 aromatic heterocycles. The number of pyridine rings is 1. The molecule has 1 aliphatic rings. The van der Waals surface area contributed by atoms with Gasteiger partial charge < -0.3 is 19.5 Å². The molecule has 9 nitrogen and oxygen atoms in total. The Labute approximate surface area is 198 Å². The first kappa shape index (κ1) is 25.1. The summed E-state index contributed by atoms with van der Waals surface area (Å²) in [6, 6.07) is 8.79. The number of ether oxygens (including phenoxy) is 3. The van der Waals surface area contributed by atoms with Gasteiger partial charge in [-0.1, -0.05) is 12.1 Å². The molecule has 0 bridgehead atoms. The Hall–Kier alpha value is -3.51. The van der Waals surface area contributed by atoms with E-state index in [0.29, 0.717) is 12.2 Å². The average molecular weight is 493 g/mol. The molecule has 0 atom stereocenters. The molecule has 1 saturated heterocycles. The van der Waals surface area contributed by atoms with Crippen molar-refractivity contribution in [3.05, 3.63) is 58.6 Å². The first-order chi connectivity index (χ1) is 16.4. The molecule has 1 fully saturated rings. The normalized spacial score (nSPS) is 14.7. The number of nitrogens with one attached hydrogen (secondary N) is 1. The molecule has 2 aromatic rings. The van der Waals surface area contributed by atoms with Crippen LogP contribution in [0.3, 0.4) is 0 Å². The fraction of sp³-hybridized carbons (Fsp3) is 0.273. The maximum absolute atomic E-state index is 12.6. The highest BCUT2D eigenvalue weighted by Gasteiger charge is 2.34. The Balaban J connectivity index is 1.56. The van der Waals surface area contributed by atoms with Gasteiger partial charge in [0, 0.05) is 26.4 Å². The van der Waals surface area contributed by atoms with Crippen molar-refractivity contribution in [3.8, 4) is 11.6 Å². The van der Waals surface area contributed by atoms with Gasteiger partial charge in [-0.3, -0.25) is 19.3 Å². The summed E-state index contributed by atoms with van der Waals surface area (Å²) in [5.74, 6) is -0.843. The summed E-state index contributed by atoms with van der Waals surface area (Å²) < 4.78 is 39.1. The number of halogens is 2. The van der Waals surface area contributed by atoms with Crippen LogP contribution in [0.5, 0.6) is 11.6 Å². The van der Waals surface area contributed by atoms with Gasteiger partial charge >= 0.3 is 6.61 Å². The lowest BCUT2D eigenvalue weighted by Crippen LogP contribution is -2.37. The number of hydrogen-bond acceptors (Lipinski definition) is 8. The van der Waals surface area contributed by atoms with Crippen LogP contribution in [0.25, 0.3) is 6.08 Å². The van der Waals surface area contributed by atoms with E-state index in [1.807, 2.05) is 0 Å². The molecular formula is C22H21F2N3O6S. The van der Waals surface area contributed by atoms with Gasteiger partial charge in [0.15, 0.2) is 0 Å². The van der Waals surface area contributed by atoms with Gasteiger partial charge in [-0.2, -0.15) is 8.78 Å². The van der Waals surface area contributed by atoms with Gasteiger partial charge in [-0.15, -0.1) is 0 Å². The topological polar surface area (TPSA) is 107 Å². The Morgan fingerprint density at radius 1 is 1.21 bits per heavy atom. The molecule has 34 heavy (non-hydrogen) atoms. The summed E-state index contributed by atoms with van der Waals surface area (Å²) >= 11 is 0.753. The molecule has 180 valence electrons. The minimum absolute atomic E-state index is 0.0168. The van der Waals surface area contributed by atoms with E-state index >= 15 is 0 Å². The van der Waals surface area contributed by atoms with Crippen LogP contribution in [0.1, 0.15) is 15.9 Å². The van der Waals surface area contributed by atoms with Gasteiger partial charge in [0.05, 0.1) is 11.5 Å². The molecule has 1 N–H and O–H groups in total. The highest BCUT2D eigenvalue weighted by molar-refractivity contribution is 8.18. The summed E-state index contributed by atoms with van der Waals surface area (Å²) in [6.07, 6.45) is 2.97. The molecule has 3 amide bonds. The number of nitrogens with zero attached hydrogens (tertiary/aromatic N) is 2. The van der Waals surface area contributed by atoms with Gasteiger partial charge in [0.2, 0.25) is 5.88 Å². The standard InChI is InChI=1S/C22H21F2N3O6S/c1-31-11-12-32-19-16(3-2-8-26-19)18(28)25-9-10-27-20(29)17(34-22(27)30)13-14-4-6-15(7-5-14)33-21(23)24/h2-8,13,21H,9-12H2,1H3,(H,25,28)/b17-13+. The molecule has 12 heteroatoms. The van der Waals surface area contributed by atoms with E-state index in [0.717, 1.165) is 16.7 Å². The maximum Gasteiger partial charge on any atom is 0.387 e. The number of methoxy groups -OCH3 is 1. The third-order valence-corrected chi connectivity index (χ3v) is 5.35. The average Bonchev–Trinajstić information content (AvgIpc) is 3.07. The van der Waals surface area contributed by atoms with Crippen LogP contribution in [-0.2, 0) is 9.53 Å². The molecule has 0 unspecified atom stereocenters. The molecular weight excluding hydrogens is 472 g/mol. The zero-order valence-electron chi connectivity index (χ0n) is 18.0. The monoisotopic (exact) mass is 493 g/mol. The van der Waals surface area contributed by atoms with Crippen molar-refractivity contribution in [3.63, 3.8) is 0 Å². The fourth-order valence-corrected chi connectivity index (χ4v) is 3.73. The molecule has 0 spiro atoms. The number of thioether (sulfide) groups is 1. The first-order valence-corrected chi connectivity index (χ1v) is 10.9. The predicted molar refractivity (Wildman–Crippen MR) is 120 cm³/mol. The number of hydrogen-bond donors (Lipinski definition) is 1. The maximum atomic E-state index is 12.6. The summed E-state index contributed by atoms with van der Waals surface area (Å²) in [5.41, 5.74) is 0.755. The van der Waals surface area contributed by atoms with Gasteiger partial charge in [-0.25, -0.2) is 4.98 Å². The van der Waals surface area contributed by atoms with Crippen LogP contribution in [0, 0.1) is 0 Å². The summed E-state index contributed by atoms with van der Waals surface area (Å²) in [5, 5.41) is 2.17. The smallest absolute Gasteiger partial charge is 0.387 e. The van der Waals surface area contributed by atoms with Crippen molar-refractivity contribution in [2.75, 3.05) is 33.4 Å². The molecule has 3 rings (SSSR count). The van der Waals surface area contributed by atoms with Crippen molar-refractivity contribution in [1.29, 1.82) is 0 Å². The van der Waals surface area contributed by atoms with Crippen molar-refractivity contribution in [1.82, 2.24) is 15.2 Å². The van der Waals surface area contributed by atoms with Crippen LogP contribution < -0.4 is 14.8 Å². The molecule has 1 aliphatic heterocycles. The lowest BCUT2D eigenvalue weighted by molar-refractivity contribution is -0.122. The third-order valence-electron chi connectivity index (χ3n) is 4.44. The van der Waals surface area contributed by atoms with E-state index in [-0.39, 0.29) is 41.8 Å². The lowest BCUT2D eigenvalue weighted by atomic mass is 10.2.